The van der Waals surface area contributed by atoms with Crippen molar-refractivity contribution in [3.05, 3.63) is 29.8 Å². The van der Waals surface area contributed by atoms with Crippen molar-refractivity contribution in [1.29, 1.82) is 0 Å². The van der Waals surface area contributed by atoms with Crippen LogP contribution in [0.1, 0.15) is 26.3 Å². The monoisotopic (exact) mass is 300 g/mol. The van der Waals surface area contributed by atoms with E-state index in [0.29, 0.717) is 19.8 Å². The maximum absolute atomic E-state index is 5.85. The van der Waals surface area contributed by atoms with Crippen LogP contribution < -0.4 is 0 Å². The van der Waals surface area contributed by atoms with Gasteiger partial charge in [0.2, 0.25) is 0 Å². The fourth-order valence-corrected chi connectivity index (χ4v) is 6.16. The zero-order valence-corrected chi connectivity index (χ0v) is 14.1. The molecule has 3 nitrogen and oxygen atoms in total. The Morgan fingerprint density at radius 1 is 0.947 bits per heavy atom. The molecule has 0 aliphatic carbocycles. The molecule has 0 unspecified atom stereocenters. The Hall–Kier alpha value is -0.333. The third-order valence-electron chi connectivity index (χ3n) is 2.59. The van der Waals surface area contributed by atoms with Gasteiger partial charge in [-0.1, -0.05) is 18.2 Å². The summed E-state index contributed by atoms with van der Waals surface area (Å²) in [6, 6.07) is 8.36. The summed E-state index contributed by atoms with van der Waals surface area (Å²) in [7, 11) is -2.54. The predicted molar refractivity (Wildman–Crippen MR) is 82.5 cm³/mol. The van der Waals surface area contributed by atoms with Gasteiger partial charge in [0.05, 0.1) is 5.38 Å². The molecule has 1 rings (SSSR count). The van der Waals surface area contributed by atoms with E-state index in [2.05, 4.69) is 31.2 Å². The van der Waals surface area contributed by atoms with Crippen LogP contribution in [-0.4, -0.2) is 34.0 Å². The third-order valence-corrected chi connectivity index (χ3v) is 7.54. The highest BCUT2D eigenvalue weighted by molar-refractivity contribution is 8.00. The number of thioether (sulfide) groups is 1. The minimum absolute atomic E-state index is 0.626. The van der Waals surface area contributed by atoms with E-state index in [-0.39, 0.29) is 0 Å². The van der Waals surface area contributed by atoms with Gasteiger partial charge in [-0.2, -0.15) is 0 Å². The lowest BCUT2D eigenvalue weighted by Gasteiger charge is -2.28. The maximum atomic E-state index is 5.85. The molecule has 0 saturated carbocycles. The highest BCUT2D eigenvalue weighted by Crippen LogP contribution is 2.26. The van der Waals surface area contributed by atoms with Crippen LogP contribution in [0.25, 0.3) is 0 Å². The van der Waals surface area contributed by atoms with Crippen LogP contribution in [0.3, 0.4) is 0 Å². The van der Waals surface area contributed by atoms with Gasteiger partial charge in [-0.25, -0.2) is 0 Å². The summed E-state index contributed by atoms with van der Waals surface area (Å²) in [6.07, 6.45) is 0. The molecule has 0 amide bonds. The second-order valence-electron chi connectivity index (χ2n) is 4.04. The molecule has 0 bridgehead atoms. The second-order valence-corrected chi connectivity index (χ2v) is 8.15. The van der Waals surface area contributed by atoms with Crippen molar-refractivity contribution < 1.29 is 13.3 Å². The van der Waals surface area contributed by atoms with E-state index >= 15 is 0 Å². The molecule has 0 fully saturated rings. The number of rotatable bonds is 9. The molecular formula is C14H24O3SSi. The zero-order valence-electron chi connectivity index (χ0n) is 12.3. The topological polar surface area (TPSA) is 27.7 Å². The highest BCUT2D eigenvalue weighted by Gasteiger charge is 2.40. The van der Waals surface area contributed by atoms with Crippen molar-refractivity contribution in [2.75, 3.05) is 25.2 Å². The van der Waals surface area contributed by atoms with Crippen LogP contribution in [0.4, 0.5) is 0 Å². The molecule has 0 aromatic heterocycles. The fourth-order valence-electron chi connectivity index (χ4n) is 1.79. The van der Waals surface area contributed by atoms with E-state index < -0.39 is 8.80 Å². The van der Waals surface area contributed by atoms with E-state index in [0.717, 1.165) is 5.38 Å². The van der Waals surface area contributed by atoms with Crippen LogP contribution in [0.15, 0.2) is 29.2 Å². The van der Waals surface area contributed by atoms with E-state index in [1.807, 2.05) is 20.8 Å². The van der Waals surface area contributed by atoms with Crippen molar-refractivity contribution in [3.63, 3.8) is 0 Å². The predicted octanol–water partition coefficient (Wildman–Crippen LogP) is 3.67. The summed E-state index contributed by atoms with van der Waals surface area (Å²) in [4.78, 5) is 1.26. The summed E-state index contributed by atoms with van der Waals surface area (Å²) in [5.41, 5.74) is 1.28. The van der Waals surface area contributed by atoms with Crippen LogP contribution in [0.2, 0.25) is 0 Å². The van der Waals surface area contributed by atoms with Crippen LogP contribution >= 0.6 is 11.8 Å². The van der Waals surface area contributed by atoms with Crippen LogP contribution in [0.5, 0.6) is 0 Å². The SMILES string of the molecule is CCO[Si](CSc1ccccc1C)(OCC)OCC. The maximum Gasteiger partial charge on any atom is 0.511 e. The van der Waals surface area contributed by atoms with Gasteiger partial charge in [-0.15, -0.1) is 11.8 Å². The number of aryl methyl sites for hydroxylation is 1. The smallest absolute Gasteiger partial charge is 0.373 e. The van der Waals surface area contributed by atoms with Gasteiger partial charge in [0.15, 0.2) is 0 Å². The molecule has 1 aromatic rings. The first-order valence-corrected chi connectivity index (χ1v) is 9.69. The summed E-state index contributed by atoms with van der Waals surface area (Å²) in [5, 5.41) is 0.757. The quantitative estimate of drug-likeness (QED) is 0.514. The van der Waals surface area contributed by atoms with Gasteiger partial charge < -0.3 is 13.3 Å². The van der Waals surface area contributed by atoms with Crippen molar-refractivity contribution >= 4 is 20.6 Å². The molecule has 19 heavy (non-hydrogen) atoms. The van der Waals surface area contributed by atoms with E-state index in [4.69, 9.17) is 13.3 Å². The Balaban J connectivity index is 2.73. The average Bonchev–Trinajstić information content (AvgIpc) is 2.39. The first-order chi connectivity index (χ1) is 9.17. The molecule has 0 aliphatic rings. The number of hydrogen-bond donors (Lipinski definition) is 0. The number of benzene rings is 1. The van der Waals surface area contributed by atoms with Crippen molar-refractivity contribution in [2.45, 2.75) is 32.6 Å². The van der Waals surface area contributed by atoms with Gasteiger partial charge >= 0.3 is 8.80 Å². The number of hydrogen-bond acceptors (Lipinski definition) is 4. The van der Waals surface area contributed by atoms with E-state index in [1.54, 1.807) is 11.8 Å². The Kier molecular flexibility index (Phi) is 7.71. The zero-order chi connectivity index (χ0) is 14.1. The Morgan fingerprint density at radius 2 is 1.47 bits per heavy atom. The third kappa shape index (κ3) is 5.28. The summed E-state index contributed by atoms with van der Waals surface area (Å²) < 4.78 is 17.5. The van der Waals surface area contributed by atoms with Gasteiger partial charge in [0.1, 0.15) is 0 Å². The molecule has 1 aromatic carbocycles. The largest absolute Gasteiger partial charge is 0.511 e. The van der Waals surface area contributed by atoms with Gasteiger partial charge in [0.25, 0.3) is 0 Å². The van der Waals surface area contributed by atoms with E-state index in [1.165, 1.54) is 10.5 Å². The van der Waals surface area contributed by atoms with Crippen molar-refractivity contribution in [2.24, 2.45) is 0 Å². The highest BCUT2D eigenvalue weighted by atomic mass is 32.2. The molecule has 0 saturated heterocycles. The molecule has 5 heteroatoms. The average molecular weight is 300 g/mol. The molecular weight excluding hydrogens is 276 g/mol. The van der Waals surface area contributed by atoms with Crippen molar-refractivity contribution in [3.8, 4) is 0 Å². The lowest BCUT2D eigenvalue weighted by atomic mass is 10.2. The molecule has 0 heterocycles. The minimum Gasteiger partial charge on any atom is -0.373 e. The normalized spacial score (nSPS) is 11.8. The molecule has 108 valence electrons. The van der Waals surface area contributed by atoms with Crippen molar-refractivity contribution in [1.82, 2.24) is 0 Å². The minimum atomic E-state index is -2.54. The molecule has 0 spiro atoms. The van der Waals surface area contributed by atoms with Gasteiger partial charge in [0, 0.05) is 24.7 Å². The Labute approximate surface area is 122 Å². The molecule has 0 N–H and O–H groups in total. The lowest BCUT2D eigenvalue weighted by Crippen LogP contribution is -2.49. The summed E-state index contributed by atoms with van der Waals surface area (Å²) in [6.45, 7) is 9.95. The van der Waals surface area contributed by atoms with Crippen LogP contribution in [0, 0.1) is 6.92 Å². The first kappa shape index (κ1) is 16.7. The molecule has 0 atom stereocenters. The standard InChI is InChI=1S/C14H24O3SSi/c1-5-15-19(16-6-2,17-7-3)12-18-14-11-9-8-10-13(14)4/h8-11H,5-7,12H2,1-4H3. The molecule has 0 radical (unpaired) electrons. The van der Waals surface area contributed by atoms with Crippen LogP contribution in [-0.2, 0) is 13.3 Å². The van der Waals surface area contributed by atoms with E-state index in [9.17, 15) is 0 Å². The fraction of sp³-hybridized carbons (Fsp3) is 0.571. The second kappa shape index (κ2) is 8.76. The summed E-state index contributed by atoms with van der Waals surface area (Å²) >= 11 is 1.76. The Morgan fingerprint density at radius 3 is 1.95 bits per heavy atom. The Bertz CT molecular complexity index is 356. The lowest BCUT2D eigenvalue weighted by molar-refractivity contribution is 0.0773. The van der Waals surface area contributed by atoms with Gasteiger partial charge in [-0.05, 0) is 39.3 Å². The summed E-state index contributed by atoms with van der Waals surface area (Å²) in [5.74, 6) is 0. The van der Waals surface area contributed by atoms with Gasteiger partial charge in [-0.3, -0.25) is 0 Å². The first-order valence-electron chi connectivity index (χ1n) is 6.77. The molecule has 0 aliphatic heterocycles.